The molecule has 4 heteroatoms. The molecule has 0 spiro atoms. The maximum absolute atomic E-state index is 6.37. The lowest BCUT2D eigenvalue weighted by Gasteiger charge is -2.27. The molecule has 1 aromatic carbocycles. The lowest BCUT2D eigenvalue weighted by atomic mass is 10.1. The summed E-state index contributed by atoms with van der Waals surface area (Å²) in [6.07, 6.45) is 0. The van der Waals surface area contributed by atoms with Crippen molar-refractivity contribution in [3.05, 3.63) is 28.3 Å². The van der Waals surface area contributed by atoms with Crippen LogP contribution in [-0.4, -0.2) is 38.2 Å². The second kappa shape index (κ2) is 5.71. The Morgan fingerprint density at radius 2 is 2.06 bits per heavy atom. The maximum Gasteiger partial charge on any atom is 0.140 e. The summed E-state index contributed by atoms with van der Waals surface area (Å²) in [5.41, 5.74) is 2.23. The fourth-order valence-electron chi connectivity index (χ4n) is 2.18. The van der Waals surface area contributed by atoms with Crippen molar-refractivity contribution in [3.8, 4) is 5.75 Å². The van der Waals surface area contributed by atoms with Crippen molar-refractivity contribution in [1.82, 2.24) is 10.2 Å². The number of nitrogens with one attached hydrogen (secondary N) is 1. The summed E-state index contributed by atoms with van der Waals surface area (Å²) in [6, 6.07) is 4.17. The summed E-state index contributed by atoms with van der Waals surface area (Å²) in [5, 5.41) is 4.10. The van der Waals surface area contributed by atoms with Crippen molar-refractivity contribution in [1.29, 1.82) is 0 Å². The second-order valence-corrected chi connectivity index (χ2v) is 4.79. The van der Waals surface area contributed by atoms with E-state index in [0.717, 1.165) is 54.6 Å². The van der Waals surface area contributed by atoms with Crippen LogP contribution in [0.25, 0.3) is 0 Å². The number of halogens is 1. The topological polar surface area (TPSA) is 24.5 Å². The first-order valence-corrected chi connectivity index (χ1v) is 6.35. The third kappa shape index (κ3) is 2.92. The van der Waals surface area contributed by atoms with Gasteiger partial charge in [-0.2, -0.15) is 0 Å². The number of nitrogens with zero attached hydrogens (tertiary/aromatic N) is 1. The Morgan fingerprint density at radius 3 is 2.71 bits per heavy atom. The van der Waals surface area contributed by atoms with Crippen LogP contribution in [0.1, 0.15) is 11.1 Å². The maximum atomic E-state index is 6.37. The van der Waals surface area contributed by atoms with E-state index < -0.39 is 0 Å². The SMILES string of the molecule is COc1c(C)ccc(CN2CCNCC2)c1Cl. The Morgan fingerprint density at radius 1 is 1.35 bits per heavy atom. The molecule has 0 bridgehead atoms. The Labute approximate surface area is 108 Å². The van der Waals surface area contributed by atoms with Crippen LogP contribution in [-0.2, 0) is 6.54 Å². The van der Waals surface area contributed by atoms with Crippen molar-refractivity contribution < 1.29 is 4.74 Å². The van der Waals surface area contributed by atoms with Gasteiger partial charge >= 0.3 is 0 Å². The molecule has 1 aliphatic heterocycles. The van der Waals surface area contributed by atoms with E-state index in [1.165, 1.54) is 0 Å². The van der Waals surface area contributed by atoms with E-state index >= 15 is 0 Å². The highest BCUT2D eigenvalue weighted by molar-refractivity contribution is 6.33. The van der Waals surface area contributed by atoms with Gasteiger partial charge in [-0.1, -0.05) is 23.7 Å². The second-order valence-electron chi connectivity index (χ2n) is 4.41. The van der Waals surface area contributed by atoms with Crippen molar-refractivity contribution in [2.75, 3.05) is 33.3 Å². The van der Waals surface area contributed by atoms with Gasteiger partial charge in [-0.15, -0.1) is 0 Å². The molecule has 1 N–H and O–H groups in total. The lowest BCUT2D eigenvalue weighted by molar-refractivity contribution is 0.233. The Kier molecular flexibility index (Phi) is 4.26. The highest BCUT2D eigenvalue weighted by atomic mass is 35.5. The molecule has 1 saturated heterocycles. The number of hydrogen-bond acceptors (Lipinski definition) is 3. The van der Waals surface area contributed by atoms with Crippen LogP contribution in [0.15, 0.2) is 12.1 Å². The van der Waals surface area contributed by atoms with E-state index in [-0.39, 0.29) is 0 Å². The minimum atomic E-state index is 0.756. The van der Waals surface area contributed by atoms with Crippen molar-refractivity contribution in [2.45, 2.75) is 13.5 Å². The molecule has 1 fully saturated rings. The van der Waals surface area contributed by atoms with Gasteiger partial charge in [0.15, 0.2) is 0 Å². The van der Waals surface area contributed by atoms with Crippen molar-refractivity contribution >= 4 is 11.6 Å². The van der Waals surface area contributed by atoms with Crippen LogP contribution in [0.3, 0.4) is 0 Å². The number of aryl methyl sites for hydroxylation is 1. The molecule has 94 valence electrons. The number of benzene rings is 1. The van der Waals surface area contributed by atoms with Gasteiger partial charge in [-0.3, -0.25) is 4.90 Å². The molecule has 0 unspecified atom stereocenters. The molecule has 17 heavy (non-hydrogen) atoms. The van der Waals surface area contributed by atoms with Gasteiger partial charge in [0.1, 0.15) is 5.75 Å². The zero-order valence-electron chi connectivity index (χ0n) is 10.4. The van der Waals surface area contributed by atoms with E-state index in [0.29, 0.717) is 0 Å². The minimum Gasteiger partial charge on any atom is -0.495 e. The van der Waals surface area contributed by atoms with Crippen LogP contribution in [0.2, 0.25) is 5.02 Å². The first kappa shape index (κ1) is 12.7. The largest absolute Gasteiger partial charge is 0.495 e. The molecule has 0 aromatic heterocycles. The zero-order valence-corrected chi connectivity index (χ0v) is 11.2. The Hall–Kier alpha value is -0.770. The van der Waals surface area contributed by atoms with Crippen LogP contribution in [0.5, 0.6) is 5.75 Å². The summed E-state index contributed by atoms with van der Waals surface area (Å²) < 4.78 is 5.34. The highest BCUT2D eigenvalue weighted by Gasteiger charge is 2.14. The summed E-state index contributed by atoms with van der Waals surface area (Å²) in [5.74, 6) is 0.805. The zero-order chi connectivity index (χ0) is 12.3. The van der Waals surface area contributed by atoms with Crippen LogP contribution < -0.4 is 10.1 Å². The fourth-order valence-corrected chi connectivity index (χ4v) is 2.53. The fraction of sp³-hybridized carbons (Fsp3) is 0.538. The van der Waals surface area contributed by atoms with Gasteiger partial charge in [0, 0.05) is 32.7 Å². The van der Waals surface area contributed by atoms with E-state index in [1.54, 1.807) is 7.11 Å². The lowest BCUT2D eigenvalue weighted by Crippen LogP contribution is -2.42. The van der Waals surface area contributed by atoms with E-state index in [2.05, 4.69) is 22.3 Å². The summed E-state index contributed by atoms with van der Waals surface area (Å²) in [7, 11) is 1.67. The van der Waals surface area contributed by atoms with Crippen LogP contribution in [0, 0.1) is 6.92 Å². The third-order valence-corrected chi connectivity index (χ3v) is 3.60. The first-order valence-electron chi connectivity index (χ1n) is 5.97. The molecule has 1 aromatic rings. The summed E-state index contributed by atoms with van der Waals surface area (Å²) in [6.45, 7) is 7.18. The van der Waals surface area contributed by atoms with E-state index in [9.17, 15) is 0 Å². The molecule has 1 heterocycles. The molecular weight excluding hydrogens is 236 g/mol. The van der Waals surface area contributed by atoms with E-state index in [1.807, 2.05) is 6.92 Å². The molecule has 0 amide bonds. The summed E-state index contributed by atoms with van der Waals surface area (Å²) in [4.78, 5) is 2.41. The molecule has 2 rings (SSSR count). The highest BCUT2D eigenvalue weighted by Crippen LogP contribution is 2.32. The predicted octanol–water partition coefficient (Wildman–Crippen LogP) is 2.06. The van der Waals surface area contributed by atoms with Gasteiger partial charge in [-0.25, -0.2) is 0 Å². The number of hydrogen-bond donors (Lipinski definition) is 1. The molecule has 0 atom stereocenters. The molecular formula is C13H19ClN2O. The van der Waals surface area contributed by atoms with Crippen molar-refractivity contribution in [2.24, 2.45) is 0 Å². The van der Waals surface area contributed by atoms with Crippen LogP contribution >= 0.6 is 11.6 Å². The number of ether oxygens (including phenoxy) is 1. The quantitative estimate of drug-likeness (QED) is 0.894. The standard InChI is InChI=1S/C13H19ClN2O/c1-10-3-4-11(12(14)13(10)17-2)9-16-7-5-15-6-8-16/h3-4,15H,5-9H2,1-2H3. The van der Waals surface area contributed by atoms with Crippen LogP contribution in [0.4, 0.5) is 0 Å². The number of methoxy groups -OCH3 is 1. The molecule has 0 saturated carbocycles. The van der Waals surface area contributed by atoms with Gasteiger partial charge in [0.2, 0.25) is 0 Å². The summed E-state index contributed by atoms with van der Waals surface area (Å²) >= 11 is 6.37. The predicted molar refractivity (Wildman–Crippen MR) is 70.9 cm³/mol. The van der Waals surface area contributed by atoms with Gasteiger partial charge in [0.05, 0.1) is 12.1 Å². The number of rotatable bonds is 3. The molecule has 1 aliphatic rings. The average molecular weight is 255 g/mol. The first-order chi connectivity index (χ1) is 8.22. The monoisotopic (exact) mass is 254 g/mol. The van der Waals surface area contributed by atoms with Gasteiger partial charge < -0.3 is 10.1 Å². The van der Waals surface area contributed by atoms with Crippen molar-refractivity contribution in [3.63, 3.8) is 0 Å². The molecule has 0 radical (unpaired) electrons. The smallest absolute Gasteiger partial charge is 0.140 e. The Balaban J connectivity index is 2.15. The van der Waals surface area contributed by atoms with E-state index in [4.69, 9.17) is 16.3 Å². The van der Waals surface area contributed by atoms with Gasteiger partial charge in [-0.05, 0) is 18.1 Å². The average Bonchev–Trinajstić information content (AvgIpc) is 2.35. The number of piperazine rings is 1. The molecule has 0 aliphatic carbocycles. The van der Waals surface area contributed by atoms with Gasteiger partial charge in [0.25, 0.3) is 0 Å². The Bertz CT molecular complexity index is 389. The molecule has 3 nitrogen and oxygen atoms in total. The third-order valence-electron chi connectivity index (χ3n) is 3.18. The minimum absolute atomic E-state index is 0.756. The normalized spacial score (nSPS) is 17.1.